The highest BCUT2D eigenvalue weighted by molar-refractivity contribution is 5.93. The quantitative estimate of drug-likeness (QED) is 0.789. The van der Waals surface area contributed by atoms with Crippen molar-refractivity contribution in [3.63, 3.8) is 0 Å². The molecule has 0 radical (unpaired) electrons. The monoisotopic (exact) mass is 255 g/mol. The van der Waals surface area contributed by atoms with Gasteiger partial charge >= 0.3 is 5.97 Å². The van der Waals surface area contributed by atoms with Gasteiger partial charge in [0.1, 0.15) is 17.9 Å². The minimum absolute atomic E-state index is 0.0265. The minimum atomic E-state index is -1.09. The van der Waals surface area contributed by atoms with Gasteiger partial charge in [0, 0.05) is 18.2 Å². The summed E-state index contributed by atoms with van der Waals surface area (Å²) in [6.07, 6.45) is 0. The predicted octanol–water partition coefficient (Wildman–Crippen LogP) is 1.05. The largest absolute Gasteiger partial charge is 0.493 e. The summed E-state index contributed by atoms with van der Waals surface area (Å²) in [7, 11) is 2.93. The number of methoxy groups -OCH3 is 2. The lowest BCUT2D eigenvalue weighted by Gasteiger charge is -2.17. The Labute approximate surface area is 105 Å². The molecule has 0 aromatic heterocycles. The van der Waals surface area contributed by atoms with Crippen molar-refractivity contribution in [1.29, 1.82) is 0 Å². The number of hydrogen-bond acceptors (Lipinski definition) is 5. The Kier molecular flexibility index (Phi) is 4.79. The van der Waals surface area contributed by atoms with E-state index < -0.39 is 5.97 Å². The highest BCUT2D eigenvalue weighted by Gasteiger charge is 2.21. The first kappa shape index (κ1) is 14.1. The SMILES string of the molecule is COc1cc(C(=O)O)c(OCCN)c(C)c1OC. The van der Waals surface area contributed by atoms with Crippen LogP contribution < -0.4 is 19.9 Å². The first-order valence-electron chi connectivity index (χ1n) is 5.38. The lowest BCUT2D eigenvalue weighted by Crippen LogP contribution is -2.14. The van der Waals surface area contributed by atoms with Gasteiger partial charge in [0.2, 0.25) is 0 Å². The van der Waals surface area contributed by atoms with E-state index in [4.69, 9.17) is 25.1 Å². The van der Waals surface area contributed by atoms with E-state index in [0.717, 1.165) is 0 Å². The summed E-state index contributed by atoms with van der Waals surface area (Å²) < 4.78 is 15.7. The molecule has 0 saturated heterocycles. The Morgan fingerprint density at radius 1 is 1.33 bits per heavy atom. The third-order valence-electron chi connectivity index (χ3n) is 2.44. The first-order chi connectivity index (χ1) is 8.56. The van der Waals surface area contributed by atoms with E-state index in [1.54, 1.807) is 6.92 Å². The number of carboxylic acid groups (broad SMARTS) is 1. The van der Waals surface area contributed by atoms with Crippen molar-refractivity contribution in [2.24, 2.45) is 5.73 Å². The number of benzene rings is 1. The van der Waals surface area contributed by atoms with Crippen molar-refractivity contribution in [3.05, 3.63) is 17.2 Å². The number of hydrogen-bond donors (Lipinski definition) is 2. The summed E-state index contributed by atoms with van der Waals surface area (Å²) in [6.45, 7) is 2.24. The second-order valence-electron chi connectivity index (χ2n) is 3.56. The van der Waals surface area contributed by atoms with Crippen LogP contribution in [0.3, 0.4) is 0 Å². The Hall–Kier alpha value is -1.95. The molecule has 0 aliphatic carbocycles. The maximum Gasteiger partial charge on any atom is 0.339 e. The zero-order valence-corrected chi connectivity index (χ0v) is 10.6. The molecule has 0 unspecified atom stereocenters. The van der Waals surface area contributed by atoms with Crippen LogP contribution in [0.15, 0.2) is 6.07 Å². The Morgan fingerprint density at radius 3 is 2.44 bits per heavy atom. The zero-order valence-electron chi connectivity index (χ0n) is 10.6. The molecule has 18 heavy (non-hydrogen) atoms. The number of rotatable bonds is 6. The van der Waals surface area contributed by atoms with Crippen LogP contribution in [-0.2, 0) is 0 Å². The van der Waals surface area contributed by atoms with Crippen molar-refractivity contribution in [1.82, 2.24) is 0 Å². The molecule has 6 nitrogen and oxygen atoms in total. The predicted molar refractivity (Wildman–Crippen MR) is 65.8 cm³/mol. The molecule has 0 atom stereocenters. The van der Waals surface area contributed by atoms with Gasteiger partial charge in [-0.15, -0.1) is 0 Å². The normalized spacial score (nSPS) is 10.0. The topological polar surface area (TPSA) is 91.0 Å². The summed E-state index contributed by atoms with van der Waals surface area (Å²) in [4.78, 5) is 11.2. The summed E-state index contributed by atoms with van der Waals surface area (Å²) >= 11 is 0. The highest BCUT2D eigenvalue weighted by atomic mass is 16.5. The second kappa shape index (κ2) is 6.11. The first-order valence-corrected chi connectivity index (χ1v) is 5.38. The van der Waals surface area contributed by atoms with Gasteiger partial charge in [0.15, 0.2) is 11.5 Å². The molecule has 0 bridgehead atoms. The van der Waals surface area contributed by atoms with Crippen LogP contribution in [0.4, 0.5) is 0 Å². The van der Waals surface area contributed by atoms with Gasteiger partial charge in [-0.05, 0) is 6.92 Å². The summed E-state index contributed by atoms with van der Waals surface area (Å²) in [5.74, 6) is -0.0290. The minimum Gasteiger partial charge on any atom is -0.493 e. The molecule has 3 N–H and O–H groups in total. The van der Waals surface area contributed by atoms with Crippen LogP contribution in [0.2, 0.25) is 0 Å². The standard InChI is InChI=1S/C12H17NO5/c1-7-10(18-5-4-13)8(12(14)15)6-9(16-2)11(7)17-3/h6H,4-5,13H2,1-3H3,(H,14,15). The summed E-state index contributed by atoms with van der Waals surface area (Å²) in [6, 6.07) is 1.38. The second-order valence-corrected chi connectivity index (χ2v) is 3.56. The van der Waals surface area contributed by atoms with Gasteiger partial charge in [0.25, 0.3) is 0 Å². The number of ether oxygens (including phenoxy) is 3. The van der Waals surface area contributed by atoms with E-state index in [1.165, 1.54) is 20.3 Å². The fraction of sp³-hybridized carbons (Fsp3) is 0.417. The molecule has 0 amide bonds. The molecule has 1 aromatic rings. The van der Waals surface area contributed by atoms with Gasteiger partial charge in [-0.25, -0.2) is 4.79 Å². The summed E-state index contributed by atoms with van der Waals surface area (Å²) in [5, 5.41) is 9.17. The van der Waals surface area contributed by atoms with E-state index >= 15 is 0 Å². The maximum atomic E-state index is 11.2. The fourth-order valence-corrected chi connectivity index (χ4v) is 1.66. The van der Waals surface area contributed by atoms with Gasteiger partial charge in [-0.3, -0.25) is 0 Å². The smallest absolute Gasteiger partial charge is 0.339 e. The van der Waals surface area contributed by atoms with E-state index in [9.17, 15) is 4.79 Å². The molecule has 6 heteroatoms. The molecule has 0 aliphatic rings. The van der Waals surface area contributed by atoms with Gasteiger partial charge in [-0.1, -0.05) is 0 Å². The number of carboxylic acids is 1. The Morgan fingerprint density at radius 2 is 2.00 bits per heavy atom. The van der Waals surface area contributed by atoms with Gasteiger partial charge in [0.05, 0.1) is 14.2 Å². The molecule has 0 spiro atoms. The number of carbonyl (C=O) groups is 1. The van der Waals surface area contributed by atoms with Crippen LogP contribution in [-0.4, -0.2) is 38.4 Å². The molecule has 0 heterocycles. The Bertz CT molecular complexity index is 445. The van der Waals surface area contributed by atoms with E-state index in [-0.39, 0.29) is 17.9 Å². The Balaban J connectivity index is 3.39. The van der Waals surface area contributed by atoms with Crippen molar-refractivity contribution < 1.29 is 24.1 Å². The van der Waals surface area contributed by atoms with Gasteiger partial charge in [-0.2, -0.15) is 0 Å². The molecule has 0 aliphatic heterocycles. The van der Waals surface area contributed by atoms with Crippen LogP contribution in [0.1, 0.15) is 15.9 Å². The van der Waals surface area contributed by atoms with Crippen LogP contribution >= 0.6 is 0 Å². The third-order valence-corrected chi connectivity index (χ3v) is 2.44. The van der Waals surface area contributed by atoms with Crippen LogP contribution in [0.5, 0.6) is 17.2 Å². The molecule has 1 aromatic carbocycles. The average Bonchev–Trinajstić information content (AvgIpc) is 2.35. The molecular weight excluding hydrogens is 238 g/mol. The van der Waals surface area contributed by atoms with E-state index in [1.807, 2.05) is 0 Å². The van der Waals surface area contributed by atoms with Crippen LogP contribution in [0.25, 0.3) is 0 Å². The lowest BCUT2D eigenvalue weighted by atomic mass is 10.1. The third kappa shape index (κ3) is 2.65. The molecular formula is C12H17NO5. The fourth-order valence-electron chi connectivity index (χ4n) is 1.66. The number of nitrogens with two attached hydrogens (primary N) is 1. The molecule has 1 rings (SSSR count). The van der Waals surface area contributed by atoms with E-state index in [2.05, 4.69) is 0 Å². The summed E-state index contributed by atoms with van der Waals surface area (Å²) in [5.41, 5.74) is 5.95. The van der Waals surface area contributed by atoms with Gasteiger partial charge < -0.3 is 25.1 Å². The van der Waals surface area contributed by atoms with Crippen molar-refractivity contribution >= 4 is 5.97 Å². The zero-order chi connectivity index (χ0) is 13.7. The number of aromatic carboxylic acids is 1. The van der Waals surface area contributed by atoms with Crippen molar-refractivity contribution in [2.45, 2.75) is 6.92 Å². The van der Waals surface area contributed by atoms with Crippen molar-refractivity contribution in [2.75, 3.05) is 27.4 Å². The molecule has 0 fully saturated rings. The molecule has 0 saturated carbocycles. The lowest BCUT2D eigenvalue weighted by molar-refractivity contribution is 0.0691. The maximum absolute atomic E-state index is 11.2. The highest BCUT2D eigenvalue weighted by Crippen LogP contribution is 2.39. The average molecular weight is 255 g/mol. The van der Waals surface area contributed by atoms with E-state index in [0.29, 0.717) is 23.6 Å². The van der Waals surface area contributed by atoms with Crippen molar-refractivity contribution in [3.8, 4) is 17.2 Å². The van der Waals surface area contributed by atoms with Crippen LogP contribution in [0, 0.1) is 6.92 Å². The molecule has 100 valence electrons.